The summed E-state index contributed by atoms with van der Waals surface area (Å²) in [6, 6.07) is 6.33. The number of carbonyl (C=O) groups excluding carboxylic acids is 1. The van der Waals surface area contributed by atoms with Crippen molar-refractivity contribution in [1.82, 2.24) is 14.9 Å². The standard InChI is InChI=1S/C17H20FN3O/c1-13(2)17-20-10-12-21(17)11-9-19-16(22)8-7-14-5-3-4-6-15(14)18/h3-8,10,12-13H,9,11H2,1-2H3,(H,19,22). The first-order chi connectivity index (χ1) is 10.6. The van der Waals surface area contributed by atoms with Crippen LogP contribution in [0, 0.1) is 5.82 Å². The van der Waals surface area contributed by atoms with Gasteiger partial charge in [0.15, 0.2) is 0 Å². The maximum Gasteiger partial charge on any atom is 0.244 e. The number of hydrogen-bond donors (Lipinski definition) is 1. The van der Waals surface area contributed by atoms with Gasteiger partial charge in [0.1, 0.15) is 11.6 Å². The van der Waals surface area contributed by atoms with Crippen molar-refractivity contribution in [2.24, 2.45) is 0 Å². The molecule has 0 atom stereocenters. The van der Waals surface area contributed by atoms with Crippen LogP contribution in [0.2, 0.25) is 0 Å². The molecule has 0 radical (unpaired) electrons. The Morgan fingerprint density at radius 3 is 2.91 bits per heavy atom. The maximum absolute atomic E-state index is 13.4. The third-order valence-electron chi connectivity index (χ3n) is 3.24. The topological polar surface area (TPSA) is 46.9 Å². The van der Waals surface area contributed by atoms with Crippen LogP contribution < -0.4 is 5.32 Å². The number of hydrogen-bond acceptors (Lipinski definition) is 2. The van der Waals surface area contributed by atoms with Crippen molar-refractivity contribution in [3.8, 4) is 0 Å². The Bertz CT molecular complexity index is 661. The second-order valence-corrected chi connectivity index (χ2v) is 5.28. The van der Waals surface area contributed by atoms with Gasteiger partial charge in [-0.05, 0) is 12.1 Å². The lowest BCUT2D eigenvalue weighted by atomic mass is 10.2. The van der Waals surface area contributed by atoms with Crippen molar-refractivity contribution in [1.29, 1.82) is 0 Å². The number of nitrogens with one attached hydrogen (secondary N) is 1. The molecule has 0 bridgehead atoms. The third-order valence-corrected chi connectivity index (χ3v) is 3.24. The van der Waals surface area contributed by atoms with E-state index >= 15 is 0 Å². The van der Waals surface area contributed by atoms with Crippen molar-refractivity contribution < 1.29 is 9.18 Å². The first kappa shape index (κ1) is 15.9. The molecule has 2 aromatic rings. The van der Waals surface area contributed by atoms with Crippen LogP contribution in [-0.2, 0) is 11.3 Å². The van der Waals surface area contributed by atoms with Crippen LogP contribution in [0.25, 0.3) is 6.08 Å². The Labute approximate surface area is 129 Å². The quantitative estimate of drug-likeness (QED) is 0.834. The predicted octanol–water partition coefficient (Wildman–Crippen LogP) is 2.98. The zero-order chi connectivity index (χ0) is 15.9. The molecular formula is C17H20FN3O. The van der Waals surface area contributed by atoms with Crippen LogP contribution in [0.5, 0.6) is 0 Å². The van der Waals surface area contributed by atoms with Gasteiger partial charge in [0.2, 0.25) is 5.91 Å². The van der Waals surface area contributed by atoms with Crippen molar-refractivity contribution in [3.05, 3.63) is 59.9 Å². The molecule has 1 heterocycles. The highest BCUT2D eigenvalue weighted by atomic mass is 19.1. The Balaban J connectivity index is 1.83. The number of benzene rings is 1. The zero-order valence-corrected chi connectivity index (χ0v) is 12.8. The molecule has 1 aromatic heterocycles. The van der Waals surface area contributed by atoms with E-state index in [-0.39, 0.29) is 11.7 Å². The van der Waals surface area contributed by atoms with E-state index in [1.807, 2.05) is 10.8 Å². The molecule has 5 heteroatoms. The van der Waals surface area contributed by atoms with E-state index in [0.717, 1.165) is 5.82 Å². The van der Waals surface area contributed by atoms with E-state index in [9.17, 15) is 9.18 Å². The normalized spacial score (nSPS) is 11.3. The van der Waals surface area contributed by atoms with Gasteiger partial charge in [-0.25, -0.2) is 9.37 Å². The molecule has 1 amide bonds. The molecule has 4 nitrogen and oxygen atoms in total. The number of nitrogens with zero attached hydrogens (tertiary/aromatic N) is 2. The molecule has 0 fully saturated rings. The third kappa shape index (κ3) is 4.28. The van der Waals surface area contributed by atoms with Gasteiger partial charge in [-0.1, -0.05) is 32.0 Å². The summed E-state index contributed by atoms with van der Waals surface area (Å²) in [6.07, 6.45) is 6.48. The first-order valence-electron chi connectivity index (χ1n) is 7.29. The van der Waals surface area contributed by atoms with Gasteiger partial charge in [-0.15, -0.1) is 0 Å². The lowest BCUT2D eigenvalue weighted by Crippen LogP contribution is -2.25. The SMILES string of the molecule is CC(C)c1nccn1CCNC(=O)C=Cc1ccccc1F. The maximum atomic E-state index is 13.4. The monoisotopic (exact) mass is 301 g/mol. The molecule has 0 aliphatic rings. The molecule has 0 unspecified atom stereocenters. The highest BCUT2D eigenvalue weighted by molar-refractivity contribution is 5.91. The van der Waals surface area contributed by atoms with Gasteiger partial charge in [0.25, 0.3) is 0 Å². The van der Waals surface area contributed by atoms with Gasteiger partial charge in [0.05, 0.1) is 0 Å². The summed E-state index contributed by atoms with van der Waals surface area (Å²) in [4.78, 5) is 16.0. The smallest absolute Gasteiger partial charge is 0.244 e. The molecule has 0 saturated carbocycles. The second-order valence-electron chi connectivity index (χ2n) is 5.28. The number of aromatic nitrogens is 2. The van der Waals surface area contributed by atoms with Crippen LogP contribution in [0.15, 0.2) is 42.7 Å². The number of halogens is 1. The van der Waals surface area contributed by atoms with Crippen molar-refractivity contribution in [3.63, 3.8) is 0 Å². The van der Waals surface area contributed by atoms with E-state index in [4.69, 9.17) is 0 Å². The van der Waals surface area contributed by atoms with Crippen LogP contribution in [-0.4, -0.2) is 22.0 Å². The van der Waals surface area contributed by atoms with E-state index in [1.54, 1.807) is 24.4 Å². The van der Waals surface area contributed by atoms with Crippen molar-refractivity contribution >= 4 is 12.0 Å². The number of rotatable bonds is 6. The lowest BCUT2D eigenvalue weighted by molar-refractivity contribution is -0.116. The summed E-state index contributed by atoms with van der Waals surface area (Å²) in [5.74, 6) is 0.754. The van der Waals surface area contributed by atoms with Crippen LogP contribution in [0.3, 0.4) is 0 Å². The van der Waals surface area contributed by atoms with E-state index in [1.165, 1.54) is 18.2 Å². The minimum atomic E-state index is -0.341. The van der Waals surface area contributed by atoms with Crippen LogP contribution in [0.1, 0.15) is 31.2 Å². The fourth-order valence-electron chi connectivity index (χ4n) is 2.14. The molecule has 22 heavy (non-hydrogen) atoms. The summed E-state index contributed by atoms with van der Waals surface area (Å²) in [7, 11) is 0. The zero-order valence-electron chi connectivity index (χ0n) is 12.8. The summed E-state index contributed by atoms with van der Waals surface area (Å²) in [5.41, 5.74) is 0.398. The molecule has 1 aromatic carbocycles. The average molecular weight is 301 g/mol. The van der Waals surface area contributed by atoms with Crippen LogP contribution in [0.4, 0.5) is 4.39 Å². The van der Waals surface area contributed by atoms with E-state index in [0.29, 0.717) is 24.6 Å². The van der Waals surface area contributed by atoms with Crippen LogP contribution >= 0.6 is 0 Å². The molecule has 0 aliphatic carbocycles. The minimum absolute atomic E-state index is 0.241. The molecule has 0 saturated heterocycles. The fourth-order valence-corrected chi connectivity index (χ4v) is 2.14. The lowest BCUT2D eigenvalue weighted by Gasteiger charge is -2.10. The minimum Gasteiger partial charge on any atom is -0.351 e. The van der Waals surface area contributed by atoms with Gasteiger partial charge in [-0.3, -0.25) is 4.79 Å². The number of carbonyl (C=O) groups is 1. The van der Waals surface area contributed by atoms with E-state index in [2.05, 4.69) is 24.1 Å². The summed E-state index contributed by atoms with van der Waals surface area (Å²) >= 11 is 0. The van der Waals surface area contributed by atoms with Gasteiger partial charge in [-0.2, -0.15) is 0 Å². The fraction of sp³-hybridized carbons (Fsp3) is 0.294. The van der Waals surface area contributed by atoms with Crippen molar-refractivity contribution in [2.75, 3.05) is 6.54 Å². The highest BCUT2D eigenvalue weighted by Gasteiger charge is 2.06. The Morgan fingerprint density at radius 1 is 1.41 bits per heavy atom. The largest absolute Gasteiger partial charge is 0.351 e. The van der Waals surface area contributed by atoms with Gasteiger partial charge < -0.3 is 9.88 Å². The highest BCUT2D eigenvalue weighted by Crippen LogP contribution is 2.11. The summed E-state index contributed by atoms with van der Waals surface area (Å²) in [5, 5.41) is 2.78. The molecule has 0 spiro atoms. The average Bonchev–Trinajstić information content (AvgIpc) is 2.95. The number of imidazole rings is 1. The molecular weight excluding hydrogens is 281 g/mol. The molecule has 0 aliphatic heterocycles. The number of amides is 1. The second kappa shape index (κ2) is 7.54. The van der Waals surface area contributed by atoms with E-state index < -0.39 is 0 Å². The summed E-state index contributed by atoms with van der Waals surface area (Å²) in [6.45, 7) is 5.31. The molecule has 116 valence electrons. The van der Waals surface area contributed by atoms with Gasteiger partial charge >= 0.3 is 0 Å². The molecule has 1 N–H and O–H groups in total. The Hall–Kier alpha value is -2.43. The summed E-state index contributed by atoms with van der Waals surface area (Å²) < 4.78 is 15.4. The van der Waals surface area contributed by atoms with Crippen molar-refractivity contribution in [2.45, 2.75) is 26.3 Å². The first-order valence-corrected chi connectivity index (χ1v) is 7.29. The predicted molar refractivity (Wildman–Crippen MR) is 84.8 cm³/mol. The Morgan fingerprint density at radius 2 is 2.18 bits per heavy atom. The molecule has 2 rings (SSSR count). The van der Waals surface area contributed by atoms with Gasteiger partial charge in [0, 0.05) is 43.0 Å². The Kier molecular flexibility index (Phi) is 5.47.